The Bertz CT molecular complexity index is 1210. The number of amides is 2. The zero-order chi connectivity index (χ0) is 24.5. The van der Waals surface area contributed by atoms with Crippen LogP contribution < -0.4 is 25.9 Å². The molecule has 1 heterocycles. The number of nitrogens with zero attached hydrogens (tertiary/aromatic N) is 2. The van der Waals surface area contributed by atoms with Gasteiger partial charge in [-0.05, 0) is 49.1 Å². The summed E-state index contributed by atoms with van der Waals surface area (Å²) in [6.45, 7) is 5.12. The van der Waals surface area contributed by atoms with Gasteiger partial charge in [0, 0.05) is 18.5 Å². The highest BCUT2D eigenvalue weighted by atomic mass is 16.5. The first kappa shape index (κ1) is 24.8. The monoisotopic (exact) mass is 466 g/mol. The fraction of sp³-hybridized carbons (Fsp3) is 0.360. The number of carbonyl (C=O) groups excluding carboxylic acids is 2. The van der Waals surface area contributed by atoms with Crippen molar-refractivity contribution in [3.63, 3.8) is 0 Å². The normalized spacial score (nSPS) is 10.8. The van der Waals surface area contributed by atoms with Crippen LogP contribution in [0.2, 0.25) is 0 Å². The number of methoxy groups -OCH3 is 1. The summed E-state index contributed by atoms with van der Waals surface area (Å²) in [6, 6.07) is 12.0. The summed E-state index contributed by atoms with van der Waals surface area (Å²) >= 11 is 0. The fourth-order valence-electron chi connectivity index (χ4n) is 3.27. The molecule has 2 N–H and O–H groups in total. The van der Waals surface area contributed by atoms with Gasteiger partial charge in [0.05, 0.1) is 30.9 Å². The Labute approximate surface area is 198 Å². The van der Waals surface area contributed by atoms with E-state index in [1.807, 2.05) is 6.07 Å². The van der Waals surface area contributed by atoms with Gasteiger partial charge in [0.15, 0.2) is 11.5 Å². The standard InChI is InChI=1S/C25H30N4O5/c1-17(2)12-14-34-21-11-10-18(15-22(21)33-3)24(31)28-27-23(30)9-6-13-29-16-26-20-8-5-4-7-19(20)25(29)32/h4-5,7-8,10-11,15-17H,6,9,12-14H2,1-3H3,(H,27,30)(H,28,31). The predicted octanol–water partition coefficient (Wildman–Crippen LogP) is 3.07. The van der Waals surface area contributed by atoms with Crippen LogP contribution in [0.3, 0.4) is 0 Å². The zero-order valence-electron chi connectivity index (χ0n) is 19.7. The SMILES string of the molecule is COc1cc(C(=O)NNC(=O)CCCn2cnc3ccccc3c2=O)ccc1OCCC(C)C. The number of nitrogens with one attached hydrogen (secondary N) is 2. The van der Waals surface area contributed by atoms with Crippen LogP contribution in [0.4, 0.5) is 0 Å². The Morgan fingerprint density at radius 1 is 1.09 bits per heavy atom. The molecule has 0 saturated heterocycles. The highest BCUT2D eigenvalue weighted by Gasteiger charge is 2.13. The van der Waals surface area contributed by atoms with Gasteiger partial charge in [0.25, 0.3) is 11.5 Å². The van der Waals surface area contributed by atoms with Gasteiger partial charge in [-0.25, -0.2) is 4.98 Å². The van der Waals surface area contributed by atoms with Crippen LogP contribution in [0.1, 0.15) is 43.5 Å². The molecule has 0 aliphatic heterocycles. The molecule has 34 heavy (non-hydrogen) atoms. The molecule has 0 bridgehead atoms. The molecular weight excluding hydrogens is 436 g/mol. The van der Waals surface area contributed by atoms with Gasteiger partial charge in [0.2, 0.25) is 5.91 Å². The molecule has 0 fully saturated rings. The Balaban J connectivity index is 1.48. The number of aromatic nitrogens is 2. The molecule has 0 spiro atoms. The van der Waals surface area contributed by atoms with E-state index < -0.39 is 5.91 Å². The van der Waals surface area contributed by atoms with E-state index in [9.17, 15) is 14.4 Å². The molecule has 2 amide bonds. The van der Waals surface area contributed by atoms with Gasteiger partial charge < -0.3 is 9.47 Å². The lowest BCUT2D eigenvalue weighted by Crippen LogP contribution is -2.41. The third kappa shape index (κ3) is 6.57. The predicted molar refractivity (Wildman–Crippen MR) is 129 cm³/mol. The lowest BCUT2D eigenvalue weighted by molar-refractivity contribution is -0.122. The van der Waals surface area contributed by atoms with Gasteiger partial charge in [-0.3, -0.25) is 29.8 Å². The van der Waals surface area contributed by atoms with E-state index in [1.54, 1.807) is 36.4 Å². The Morgan fingerprint density at radius 3 is 2.65 bits per heavy atom. The number of hydrazine groups is 1. The van der Waals surface area contributed by atoms with Gasteiger partial charge in [0.1, 0.15) is 0 Å². The molecule has 2 aromatic carbocycles. The van der Waals surface area contributed by atoms with Gasteiger partial charge in [-0.15, -0.1) is 0 Å². The first-order valence-electron chi connectivity index (χ1n) is 11.2. The lowest BCUT2D eigenvalue weighted by atomic mass is 10.1. The summed E-state index contributed by atoms with van der Waals surface area (Å²) in [5, 5.41) is 0.536. The second-order valence-corrected chi connectivity index (χ2v) is 8.26. The number of hydrogen-bond donors (Lipinski definition) is 2. The zero-order valence-corrected chi connectivity index (χ0v) is 19.7. The molecule has 0 unspecified atom stereocenters. The first-order chi connectivity index (χ1) is 16.4. The summed E-state index contributed by atoms with van der Waals surface area (Å²) in [7, 11) is 1.50. The second-order valence-electron chi connectivity index (χ2n) is 8.26. The van der Waals surface area contributed by atoms with Crippen molar-refractivity contribution in [1.29, 1.82) is 0 Å². The molecule has 9 nitrogen and oxygen atoms in total. The first-order valence-corrected chi connectivity index (χ1v) is 11.2. The number of fused-ring (bicyclic) bond motifs is 1. The van der Waals surface area contributed by atoms with Crippen molar-refractivity contribution >= 4 is 22.7 Å². The van der Waals surface area contributed by atoms with E-state index in [2.05, 4.69) is 29.7 Å². The minimum absolute atomic E-state index is 0.130. The van der Waals surface area contributed by atoms with Crippen LogP contribution in [0.25, 0.3) is 10.9 Å². The van der Waals surface area contributed by atoms with Crippen LogP contribution in [-0.2, 0) is 11.3 Å². The van der Waals surface area contributed by atoms with Crippen molar-refractivity contribution < 1.29 is 19.1 Å². The minimum Gasteiger partial charge on any atom is -0.493 e. The molecular formula is C25H30N4O5. The Hall–Kier alpha value is -3.88. The summed E-state index contributed by atoms with van der Waals surface area (Å²) in [5.41, 5.74) is 5.60. The maximum Gasteiger partial charge on any atom is 0.269 e. The third-order valence-electron chi connectivity index (χ3n) is 5.23. The molecule has 180 valence electrons. The summed E-state index contributed by atoms with van der Waals surface area (Å²) in [5.74, 6) is 0.676. The third-order valence-corrected chi connectivity index (χ3v) is 5.23. The number of benzene rings is 2. The molecule has 0 saturated carbocycles. The average Bonchev–Trinajstić information content (AvgIpc) is 2.84. The van der Waals surface area contributed by atoms with Crippen molar-refractivity contribution in [3.05, 3.63) is 64.7 Å². The summed E-state index contributed by atoms with van der Waals surface area (Å²) in [6.07, 6.45) is 2.93. The number of aryl methyl sites for hydroxylation is 1. The second kappa shape index (κ2) is 11.8. The van der Waals surface area contributed by atoms with Gasteiger partial charge in [-0.1, -0.05) is 26.0 Å². The van der Waals surface area contributed by atoms with Crippen molar-refractivity contribution in [3.8, 4) is 11.5 Å². The van der Waals surface area contributed by atoms with Crippen molar-refractivity contribution in [2.45, 2.75) is 39.7 Å². The number of ether oxygens (including phenoxy) is 2. The van der Waals surface area contributed by atoms with Crippen molar-refractivity contribution in [2.75, 3.05) is 13.7 Å². The van der Waals surface area contributed by atoms with Crippen LogP contribution in [0.5, 0.6) is 11.5 Å². The molecule has 0 radical (unpaired) electrons. The molecule has 1 aromatic heterocycles. The van der Waals surface area contributed by atoms with Gasteiger partial charge >= 0.3 is 0 Å². The van der Waals surface area contributed by atoms with E-state index in [0.717, 1.165) is 6.42 Å². The van der Waals surface area contributed by atoms with Crippen molar-refractivity contribution in [2.24, 2.45) is 5.92 Å². The lowest BCUT2D eigenvalue weighted by Gasteiger charge is -2.13. The van der Waals surface area contributed by atoms with Crippen LogP contribution in [0, 0.1) is 5.92 Å². The molecule has 3 aromatic rings. The number of rotatable bonds is 10. The van der Waals surface area contributed by atoms with E-state index in [-0.39, 0.29) is 17.9 Å². The maximum absolute atomic E-state index is 12.5. The average molecular weight is 467 g/mol. The quantitative estimate of drug-likeness (QED) is 0.444. The van der Waals surface area contributed by atoms with Gasteiger partial charge in [-0.2, -0.15) is 0 Å². The summed E-state index contributed by atoms with van der Waals surface area (Å²) < 4.78 is 12.5. The number of hydrogen-bond acceptors (Lipinski definition) is 6. The highest BCUT2D eigenvalue weighted by Crippen LogP contribution is 2.28. The van der Waals surface area contributed by atoms with Crippen LogP contribution in [-0.4, -0.2) is 35.1 Å². The van der Waals surface area contributed by atoms with Crippen LogP contribution in [0.15, 0.2) is 53.6 Å². The minimum atomic E-state index is -0.477. The highest BCUT2D eigenvalue weighted by molar-refractivity contribution is 5.96. The molecule has 9 heteroatoms. The molecule has 0 atom stereocenters. The molecule has 0 aliphatic rings. The summed E-state index contributed by atoms with van der Waals surface area (Å²) in [4.78, 5) is 41.3. The number of carbonyl (C=O) groups is 2. The van der Waals surface area contributed by atoms with E-state index >= 15 is 0 Å². The topological polar surface area (TPSA) is 112 Å². The molecule has 3 rings (SSSR count). The van der Waals surface area contributed by atoms with E-state index in [0.29, 0.717) is 53.5 Å². The fourth-order valence-corrected chi connectivity index (χ4v) is 3.27. The largest absolute Gasteiger partial charge is 0.493 e. The Morgan fingerprint density at radius 2 is 1.88 bits per heavy atom. The smallest absolute Gasteiger partial charge is 0.269 e. The van der Waals surface area contributed by atoms with Crippen molar-refractivity contribution in [1.82, 2.24) is 20.4 Å². The molecule has 0 aliphatic carbocycles. The maximum atomic E-state index is 12.5. The van der Waals surface area contributed by atoms with Crippen LogP contribution >= 0.6 is 0 Å². The van der Waals surface area contributed by atoms with E-state index in [1.165, 1.54) is 18.0 Å². The Kier molecular flexibility index (Phi) is 8.61. The number of para-hydroxylation sites is 1. The van der Waals surface area contributed by atoms with E-state index in [4.69, 9.17) is 9.47 Å².